The number of likely N-dealkylation sites (tertiary alicyclic amines) is 1. The van der Waals surface area contributed by atoms with Crippen molar-refractivity contribution in [2.75, 3.05) is 13.1 Å². The van der Waals surface area contributed by atoms with Gasteiger partial charge in [0, 0.05) is 31.5 Å². The van der Waals surface area contributed by atoms with Gasteiger partial charge < -0.3 is 10.2 Å². The van der Waals surface area contributed by atoms with Crippen LogP contribution in [0, 0.1) is 29.6 Å². The highest BCUT2D eigenvalue weighted by atomic mass is 16.2. The Morgan fingerprint density at radius 1 is 0.871 bits per heavy atom. The zero-order valence-corrected chi connectivity index (χ0v) is 18.8. The number of hydrogen-bond donors (Lipinski definition) is 1. The van der Waals surface area contributed by atoms with Gasteiger partial charge in [0.05, 0.1) is 0 Å². The Morgan fingerprint density at radius 2 is 1.52 bits per heavy atom. The van der Waals surface area contributed by atoms with Gasteiger partial charge in [-0.2, -0.15) is 0 Å². The van der Waals surface area contributed by atoms with Crippen LogP contribution >= 0.6 is 0 Å². The van der Waals surface area contributed by atoms with Gasteiger partial charge in [-0.05, 0) is 93.4 Å². The quantitative estimate of drug-likeness (QED) is 0.654. The largest absolute Gasteiger partial charge is 0.353 e. The van der Waals surface area contributed by atoms with Crippen molar-refractivity contribution in [2.45, 2.75) is 76.7 Å². The fourth-order valence-corrected chi connectivity index (χ4v) is 7.24. The molecular formula is C27H38N2O2. The van der Waals surface area contributed by atoms with Crippen molar-refractivity contribution in [3.8, 4) is 0 Å². The van der Waals surface area contributed by atoms with Gasteiger partial charge >= 0.3 is 0 Å². The third-order valence-corrected chi connectivity index (χ3v) is 8.70. The van der Waals surface area contributed by atoms with Crippen LogP contribution in [0.25, 0.3) is 0 Å². The van der Waals surface area contributed by atoms with Crippen molar-refractivity contribution in [1.82, 2.24) is 10.2 Å². The molecule has 4 heteroatoms. The molecule has 4 bridgehead atoms. The minimum Gasteiger partial charge on any atom is -0.353 e. The standard InChI is InChI=1S/C27H38N2O2/c30-25(9-5-4-8-19-6-2-1-3-7-19)29-12-10-22(11-13-29)27(31)28-26-23-15-20-14-21(17-23)18-24(26)16-20/h1-3,6-7,20-24,26H,4-5,8-18H2,(H,28,31). The Bertz CT molecular complexity index is 741. The molecule has 0 aromatic heterocycles. The second kappa shape index (κ2) is 9.34. The SMILES string of the molecule is O=C(NC1C2CC3CC(C2)CC1C3)C1CCN(C(=O)CCCCc2ccccc2)CC1. The molecule has 5 fully saturated rings. The summed E-state index contributed by atoms with van der Waals surface area (Å²) in [6, 6.07) is 10.9. The number of benzene rings is 1. The van der Waals surface area contributed by atoms with Gasteiger partial charge in [0.2, 0.25) is 11.8 Å². The molecule has 2 amide bonds. The highest BCUT2D eigenvalue weighted by molar-refractivity contribution is 5.80. The molecule has 1 aromatic rings. The average molecular weight is 423 g/mol. The number of aryl methyl sites for hydroxylation is 1. The molecule has 4 aliphatic carbocycles. The molecule has 4 saturated carbocycles. The van der Waals surface area contributed by atoms with Crippen molar-refractivity contribution >= 4 is 11.8 Å². The number of piperidine rings is 1. The smallest absolute Gasteiger partial charge is 0.223 e. The summed E-state index contributed by atoms with van der Waals surface area (Å²) in [5, 5.41) is 3.49. The summed E-state index contributed by atoms with van der Waals surface area (Å²) < 4.78 is 0. The molecule has 1 N–H and O–H groups in total. The summed E-state index contributed by atoms with van der Waals surface area (Å²) in [5.41, 5.74) is 1.35. The zero-order chi connectivity index (χ0) is 21.2. The fraction of sp³-hybridized carbons (Fsp3) is 0.704. The number of rotatable bonds is 7. The van der Waals surface area contributed by atoms with E-state index in [1.165, 1.54) is 37.7 Å². The Balaban J connectivity index is 1.02. The first-order valence-corrected chi connectivity index (χ1v) is 12.8. The third kappa shape index (κ3) is 4.83. The van der Waals surface area contributed by atoms with Crippen LogP contribution < -0.4 is 5.32 Å². The van der Waals surface area contributed by atoms with E-state index in [4.69, 9.17) is 0 Å². The van der Waals surface area contributed by atoms with Crippen molar-refractivity contribution in [3.63, 3.8) is 0 Å². The minimum atomic E-state index is 0.0966. The molecule has 1 aromatic carbocycles. The maximum absolute atomic E-state index is 13.0. The van der Waals surface area contributed by atoms with Crippen molar-refractivity contribution in [3.05, 3.63) is 35.9 Å². The number of hydrogen-bond acceptors (Lipinski definition) is 2. The summed E-state index contributed by atoms with van der Waals surface area (Å²) in [6.45, 7) is 1.49. The van der Waals surface area contributed by atoms with Crippen LogP contribution in [0.4, 0.5) is 0 Å². The lowest BCUT2D eigenvalue weighted by atomic mass is 9.54. The van der Waals surface area contributed by atoms with E-state index in [9.17, 15) is 9.59 Å². The molecule has 31 heavy (non-hydrogen) atoms. The number of carbonyl (C=O) groups is 2. The van der Waals surface area contributed by atoms with E-state index in [0.29, 0.717) is 12.5 Å². The molecule has 0 unspecified atom stereocenters. The van der Waals surface area contributed by atoms with Crippen LogP contribution in [-0.2, 0) is 16.0 Å². The first-order chi connectivity index (χ1) is 15.2. The Hall–Kier alpha value is -1.84. The van der Waals surface area contributed by atoms with Crippen LogP contribution in [0.3, 0.4) is 0 Å². The molecule has 4 nitrogen and oxygen atoms in total. The second-order valence-corrected chi connectivity index (χ2v) is 10.8. The number of carbonyl (C=O) groups excluding carboxylic acids is 2. The average Bonchev–Trinajstić information content (AvgIpc) is 2.79. The molecule has 0 atom stereocenters. The van der Waals surface area contributed by atoms with E-state index in [0.717, 1.165) is 68.9 Å². The van der Waals surface area contributed by atoms with Crippen molar-refractivity contribution in [2.24, 2.45) is 29.6 Å². The van der Waals surface area contributed by atoms with E-state index >= 15 is 0 Å². The van der Waals surface area contributed by atoms with Crippen LogP contribution in [0.15, 0.2) is 30.3 Å². The molecule has 0 spiro atoms. The number of unbranched alkanes of at least 4 members (excludes halogenated alkanes) is 1. The maximum atomic E-state index is 13.0. The first-order valence-electron chi connectivity index (χ1n) is 12.8. The molecular weight excluding hydrogens is 384 g/mol. The summed E-state index contributed by atoms with van der Waals surface area (Å²) in [7, 11) is 0. The maximum Gasteiger partial charge on any atom is 0.223 e. The topological polar surface area (TPSA) is 49.4 Å². The summed E-state index contributed by atoms with van der Waals surface area (Å²) in [6.07, 6.45) is 12.2. The molecule has 5 aliphatic rings. The Kier molecular flexibility index (Phi) is 6.34. The van der Waals surface area contributed by atoms with E-state index in [1.807, 2.05) is 11.0 Å². The highest BCUT2D eigenvalue weighted by Gasteiger charge is 2.49. The number of nitrogens with one attached hydrogen (secondary N) is 1. The van der Waals surface area contributed by atoms with Crippen molar-refractivity contribution in [1.29, 1.82) is 0 Å². The normalized spacial score (nSPS) is 32.3. The van der Waals surface area contributed by atoms with E-state index in [1.54, 1.807) is 0 Å². The van der Waals surface area contributed by atoms with Crippen LogP contribution in [0.2, 0.25) is 0 Å². The van der Waals surface area contributed by atoms with Crippen LogP contribution in [-0.4, -0.2) is 35.8 Å². The third-order valence-electron chi connectivity index (χ3n) is 8.70. The van der Waals surface area contributed by atoms with Gasteiger partial charge in [0.1, 0.15) is 0 Å². The van der Waals surface area contributed by atoms with Gasteiger partial charge in [-0.1, -0.05) is 30.3 Å². The Labute approximate surface area is 187 Å². The van der Waals surface area contributed by atoms with E-state index in [-0.39, 0.29) is 17.7 Å². The Morgan fingerprint density at radius 3 is 2.16 bits per heavy atom. The number of amides is 2. The van der Waals surface area contributed by atoms with Gasteiger partial charge in [-0.3, -0.25) is 9.59 Å². The lowest BCUT2D eigenvalue weighted by Crippen LogP contribution is -2.57. The van der Waals surface area contributed by atoms with Crippen LogP contribution in [0.5, 0.6) is 0 Å². The van der Waals surface area contributed by atoms with Crippen molar-refractivity contribution < 1.29 is 9.59 Å². The molecule has 1 aliphatic heterocycles. The first kappa shape index (κ1) is 21.0. The number of nitrogens with zero attached hydrogens (tertiary/aromatic N) is 1. The predicted molar refractivity (Wildman–Crippen MR) is 122 cm³/mol. The van der Waals surface area contributed by atoms with Gasteiger partial charge in [0.25, 0.3) is 0 Å². The lowest BCUT2D eigenvalue weighted by molar-refractivity contribution is -0.137. The summed E-state index contributed by atoms with van der Waals surface area (Å²) in [5.74, 6) is 3.99. The highest BCUT2D eigenvalue weighted by Crippen LogP contribution is 2.53. The molecule has 1 saturated heterocycles. The van der Waals surface area contributed by atoms with Crippen LogP contribution in [0.1, 0.15) is 69.8 Å². The second-order valence-electron chi connectivity index (χ2n) is 10.8. The predicted octanol–water partition coefficient (Wildman–Crippen LogP) is 4.58. The fourth-order valence-electron chi connectivity index (χ4n) is 7.24. The molecule has 1 heterocycles. The van der Waals surface area contributed by atoms with E-state index in [2.05, 4.69) is 29.6 Å². The van der Waals surface area contributed by atoms with Gasteiger partial charge in [-0.25, -0.2) is 0 Å². The summed E-state index contributed by atoms with van der Waals surface area (Å²) in [4.78, 5) is 27.6. The van der Waals surface area contributed by atoms with E-state index < -0.39 is 0 Å². The zero-order valence-electron chi connectivity index (χ0n) is 18.8. The molecule has 168 valence electrons. The minimum absolute atomic E-state index is 0.0966. The van der Waals surface area contributed by atoms with Gasteiger partial charge in [-0.15, -0.1) is 0 Å². The molecule has 0 radical (unpaired) electrons. The lowest BCUT2D eigenvalue weighted by Gasteiger charge is -2.54. The monoisotopic (exact) mass is 422 g/mol. The summed E-state index contributed by atoms with van der Waals surface area (Å²) >= 11 is 0. The molecule has 6 rings (SSSR count). The van der Waals surface area contributed by atoms with Gasteiger partial charge in [0.15, 0.2) is 0 Å².